The number of halogens is 3. The summed E-state index contributed by atoms with van der Waals surface area (Å²) in [7, 11) is 0. The van der Waals surface area contributed by atoms with E-state index in [1.165, 1.54) is 6.33 Å². The predicted molar refractivity (Wildman–Crippen MR) is 104 cm³/mol. The Morgan fingerprint density at radius 3 is 2.81 bits per heavy atom. The third-order valence-corrected chi connectivity index (χ3v) is 5.04. The summed E-state index contributed by atoms with van der Waals surface area (Å²) in [6, 6.07) is 10.4. The fourth-order valence-corrected chi connectivity index (χ4v) is 3.23. The van der Waals surface area contributed by atoms with Gasteiger partial charge in [-0.25, -0.2) is 9.67 Å². The Kier molecular flexibility index (Phi) is 5.20. The molecular formula is C18H13Cl3N4O2. The van der Waals surface area contributed by atoms with E-state index in [2.05, 4.69) is 15.2 Å². The van der Waals surface area contributed by atoms with Crippen LogP contribution >= 0.6 is 34.8 Å². The SMILES string of the molecule is Clc1ccc2c(c1)OCC(n1cncn1)/C2=N\OCc1ccc(Cl)c(Cl)c1. The Bertz CT molecular complexity index is 992. The van der Waals surface area contributed by atoms with Crippen LogP contribution in [0.2, 0.25) is 15.1 Å². The van der Waals surface area contributed by atoms with Crippen LogP contribution in [0.25, 0.3) is 0 Å². The lowest BCUT2D eigenvalue weighted by Gasteiger charge is -2.26. The van der Waals surface area contributed by atoms with Crippen molar-refractivity contribution in [3.8, 4) is 5.75 Å². The van der Waals surface area contributed by atoms with Crippen LogP contribution < -0.4 is 4.74 Å². The molecule has 0 bridgehead atoms. The smallest absolute Gasteiger partial charge is 0.142 e. The van der Waals surface area contributed by atoms with Gasteiger partial charge < -0.3 is 9.57 Å². The number of oxime groups is 1. The van der Waals surface area contributed by atoms with E-state index in [1.54, 1.807) is 35.3 Å². The maximum atomic E-state index is 6.07. The van der Waals surface area contributed by atoms with Crippen molar-refractivity contribution in [2.24, 2.45) is 5.16 Å². The number of aromatic nitrogens is 3. The Balaban J connectivity index is 1.63. The maximum absolute atomic E-state index is 6.07. The van der Waals surface area contributed by atoms with Crippen molar-refractivity contribution in [2.45, 2.75) is 12.6 Å². The average Bonchev–Trinajstić information content (AvgIpc) is 3.19. The van der Waals surface area contributed by atoms with Gasteiger partial charge in [0.1, 0.15) is 43.4 Å². The molecule has 0 saturated heterocycles. The number of benzene rings is 2. The number of ether oxygens (including phenoxy) is 1. The topological polar surface area (TPSA) is 61.5 Å². The van der Waals surface area contributed by atoms with Crippen LogP contribution in [0.1, 0.15) is 17.2 Å². The van der Waals surface area contributed by atoms with Crippen LogP contribution in [-0.2, 0) is 11.4 Å². The van der Waals surface area contributed by atoms with Gasteiger partial charge in [0.2, 0.25) is 0 Å². The lowest BCUT2D eigenvalue weighted by Crippen LogP contribution is -2.31. The Labute approximate surface area is 170 Å². The molecule has 0 spiro atoms. The molecule has 1 aliphatic heterocycles. The first-order valence-electron chi connectivity index (χ1n) is 8.02. The minimum absolute atomic E-state index is 0.244. The van der Waals surface area contributed by atoms with Gasteiger partial charge in [-0.05, 0) is 35.9 Å². The minimum atomic E-state index is -0.269. The van der Waals surface area contributed by atoms with E-state index in [-0.39, 0.29) is 12.6 Å². The van der Waals surface area contributed by atoms with Crippen molar-refractivity contribution in [1.29, 1.82) is 0 Å². The summed E-state index contributed by atoms with van der Waals surface area (Å²) in [4.78, 5) is 9.61. The van der Waals surface area contributed by atoms with Gasteiger partial charge in [-0.15, -0.1) is 0 Å². The standard InChI is InChI=1S/C18H13Cl3N4O2/c19-12-2-3-13-17(6-12)26-8-16(25-10-22-9-23-25)18(13)24-27-7-11-1-4-14(20)15(21)5-11/h1-6,9-10,16H,7-8H2/b24-18-. The van der Waals surface area contributed by atoms with E-state index < -0.39 is 0 Å². The highest BCUT2D eigenvalue weighted by molar-refractivity contribution is 6.42. The molecule has 0 amide bonds. The van der Waals surface area contributed by atoms with E-state index >= 15 is 0 Å². The van der Waals surface area contributed by atoms with Crippen LogP contribution in [0.5, 0.6) is 5.75 Å². The van der Waals surface area contributed by atoms with Crippen LogP contribution in [0.15, 0.2) is 54.2 Å². The van der Waals surface area contributed by atoms with E-state index in [4.69, 9.17) is 44.4 Å². The monoisotopic (exact) mass is 422 g/mol. The highest BCUT2D eigenvalue weighted by atomic mass is 35.5. The van der Waals surface area contributed by atoms with Gasteiger partial charge in [0.05, 0.1) is 10.0 Å². The summed E-state index contributed by atoms with van der Waals surface area (Å²) in [5.74, 6) is 0.649. The predicted octanol–water partition coefficient (Wildman–Crippen LogP) is 4.79. The molecule has 9 heteroatoms. The second-order valence-corrected chi connectivity index (χ2v) is 7.09. The molecule has 4 rings (SSSR count). The molecular weight excluding hydrogens is 411 g/mol. The number of nitrogens with zero attached hydrogens (tertiary/aromatic N) is 4. The lowest BCUT2D eigenvalue weighted by molar-refractivity contribution is 0.127. The van der Waals surface area contributed by atoms with Gasteiger partial charge in [0, 0.05) is 10.6 Å². The Hall–Kier alpha value is -2.28. The van der Waals surface area contributed by atoms with Gasteiger partial charge in [0.15, 0.2) is 0 Å². The molecule has 2 aromatic carbocycles. The maximum Gasteiger partial charge on any atom is 0.142 e. The molecule has 0 N–H and O–H groups in total. The summed E-state index contributed by atoms with van der Waals surface area (Å²) in [5, 5.41) is 10.1. The molecule has 3 aromatic rings. The van der Waals surface area contributed by atoms with E-state index in [0.717, 1.165) is 11.1 Å². The zero-order chi connectivity index (χ0) is 18.8. The molecule has 0 fully saturated rings. The lowest BCUT2D eigenvalue weighted by atomic mass is 10.0. The fourth-order valence-electron chi connectivity index (χ4n) is 2.75. The molecule has 2 heterocycles. The van der Waals surface area contributed by atoms with Gasteiger partial charge in [0.25, 0.3) is 0 Å². The molecule has 1 atom stereocenters. The van der Waals surface area contributed by atoms with Crippen molar-refractivity contribution >= 4 is 40.5 Å². The summed E-state index contributed by atoms with van der Waals surface area (Å²) >= 11 is 18.1. The summed E-state index contributed by atoms with van der Waals surface area (Å²) in [5.41, 5.74) is 2.33. The van der Waals surface area contributed by atoms with Crippen LogP contribution in [0.4, 0.5) is 0 Å². The summed E-state index contributed by atoms with van der Waals surface area (Å²) in [6.07, 6.45) is 3.08. The fraction of sp³-hybridized carbons (Fsp3) is 0.167. The van der Waals surface area contributed by atoms with Crippen molar-refractivity contribution < 1.29 is 9.57 Å². The first-order chi connectivity index (χ1) is 13.1. The van der Waals surface area contributed by atoms with Crippen LogP contribution in [-0.4, -0.2) is 27.1 Å². The van der Waals surface area contributed by atoms with Crippen molar-refractivity contribution in [2.75, 3.05) is 6.61 Å². The average molecular weight is 424 g/mol. The first kappa shape index (κ1) is 18.1. The van der Waals surface area contributed by atoms with Gasteiger partial charge in [-0.3, -0.25) is 0 Å². The first-order valence-corrected chi connectivity index (χ1v) is 9.16. The number of hydrogen-bond acceptors (Lipinski definition) is 5. The normalized spacial score (nSPS) is 17.4. The zero-order valence-corrected chi connectivity index (χ0v) is 16.1. The Morgan fingerprint density at radius 1 is 1.15 bits per heavy atom. The van der Waals surface area contributed by atoms with E-state index in [1.807, 2.05) is 12.1 Å². The third kappa shape index (κ3) is 3.88. The molecule has 1 aliphatic rings. The minimum Gasteiger partial charge on any atom is -0.490 e. The second kappa shape index (κ2) is 7.76. The molecule has 27 heavy (non-hydrogen) atoms. The molecule has 0 saturated carbocycles. The van der Waals surface area contributed by atoms with Gasteiger partial charge >= 0.3 is 0 Å². The third-order valence-electron chi connectivity index (χ3n) is 4.07. The molecule has 0 aliphatic carbocycles. The zero-order valence-electron chi connectivity index (χ0n) is 13.8. The van der Waals surface area contributed by atoms with Crippen molar-refractivity contribution in [3.63, 3.8) is 0 Å². The molecule has 138 valence electrons. The van der Waals surface area contributed by atoms with Crippen LogP contribution in [0.3, 0.4) is 0 Å². The second-order valence-electron chi connectivity index (χ2n) is 5.84. The van der Waals surface area contributed by atoms with Gasteiger partial charge in [-0.2, -0.15) is 5.10 Å². The number of rotatable bonds is 4. The summed E-state index contributed by atoms with van der Waals surface area (Å²) < 4.78 is 7.50. The quantitative estimate of drug-likeness (QED) is 0.566. The summed E-state index contributed by atoms with van der Waals surface area (Å²) in [6.45, 7) is 0.583. The van der Waals surface area contributed by atoms with Gasteiger partial charge in [-0.1, -0.05) is 46.0 Å². The molecule has 6 nitrogen and oxygen atoms in total. The molecule has 1 aromatic heterocycles. The highest BCUT2D eigenvalue weighted by Crippen LogP contribution is 2.32. The van der Waals surface area contributed by atoms with Crippen LogP contribution in [0, 0.1) is 0 Å². The molecule has 0 radical (unpaired) electrons. The van der Waals surface area contributed by atoms with E-state index in [0.29, 0.717) is 33.1 Å². The van der Waals surface area contributed by atoms with Crippen molar-refractivity contribution in [1.82, 2.24) is 14.8 Å². The molecule has 1 unspecified atom stereocenters. The highest BCUT2D eigenvalue weighted by Gasteiger charge is 2.30. The largest absolute Gasteiger partial charge is 0.490 e. The van der Waals surface area contributed by atoms with Crippen molar-refractivity contribution in [3.05, 3.63) is 75.2 Å². The van der Waals surface area contributed by atoms with E-state index in [9.17, 15) is 0 Å². The number of hydrogen-bond donors (Lipinski definition) is 0. The Morgan fingerprint density at radius 2 is 2.04 bits per heavy atom. The number of fused-ring (bicyclic) bond motifs is 1.